The summed E-state index contributed by atoms with van der Waals surface area (Å²) < 4.78 is 39.3. The lowest BCUT2D eigenvalue weighted by molar-refractivity contribution is 0.308. The van der Waals surface area contributed by atoms with Crippen LogP contribution in [0.3, 0.4) is 0 Å². The molecule has 1 unspecified atom stereocenters. The van der Waals surface area contributed by atoms with Gasteiger partial charge in [-0.2, -0.15) is 4.31 Å². The largest absolute Gasteiger partial charge is 0.387 e. The third-order valence-electron chi connectivity index (χ3n) is 3.13. The topological polar surface area (TPSA) is 100 Å². The Labute approximate surface area is 111 Å². The van der Waals surface area contributed by atoms with Crippen molar-refractivity contribution in [2.45, 2.75) is 17.9 Å². The van der Waals surface area contributed by atoms with Gasteiger partial charge >= 0.3 is 0 Å². The smallest absolute Gasteiger partial charge is 0.263 e. The Morgan fingerprint density at radius 3 is 2.95 bits per heavy atom. The third-order valence-corrected chi connectivity index (χ3v) is 4.93. The average Bonchev–Trinajstić information content (AvgIpc) is 2.39. The minimum absolute atomic E-state index is 0.0404. The second-order valence-electron chi connectivity index (χ2n) is 4.45. The maximum atomic E-state index is 13.6. The molecule has 0 spiro atoms. The normalized spacial score (nSPS) is 21.2. The lowest BCUT2D eigenvalue weighted by atomic mass is 9.99. The zero-order valence-corrected chi connectivity index (χ0v) is 11.0. The molecule has 0 bridgehead atoms. The van der Waals surface area contributed by atoms with Gasteiger partial charge in [0.2, 0.25) is 5.03 Å². The number of piperidine rings is 1. The molecule has 0 amide bonds. The second-order valence-corrected chi connectivity index (χ2v) is 6.30. The zero-order chi connectivity index (χ0) is 14.0. The number of sulfonamides is 1. The molecule has 0 radical (unpaired) electrons. The number of amidine groups is 1. The first-order valence-electron chi connectivity index (χ1n) is 5.87. The van der Waals surface area contributed by atoms with Crippen LogP contribution in [0.15, 0.2) is 23.4 Å². The minimum Gasteiger partial charge on any atom is -0.387 e. The summed E-state index contributed by atoms with van der Waals surface area (Å²) in [5, 5.41) is 6.83. The molecule has 1 aliphatic heterocycles. The Balaban J connectivity index is 2.30. The summed E-state index contributed by atoms with van der Waals surface area (Å²) in [6, 6.07) is 2.40. The van der Waals surface area contributed by atoms with E-state index in [1.165, 1.54) is 12.3 Å². The van der Waals surface area contributed by atoms with Crippen LogP contribution in [0.5, 0.6) is 0 Å². The highest BCUT2D eigenvalue weighted by atomic mass is 32.2. The molecule has 1 aliphatic rings. The maximum Gasteiger partial charge on any atom is 0.263 e. The molecule has 0 saturated carbocycles. The number of nitrogens with zero attached hydrogens (tertiary/aromatic N) is 2. The van der Waals surface area contributed by atoms with E-state index in [1.807, 2.05) is 0 Å². The average molecular weight is 286 g/mol. The van der Waals surface area contributed by atoms with Crippen molar-refractivity contribution in [1.29, 1.82) is 5.41 Å². The van der Waals surface area contributed by atoms with Gasteiger partial charge in [0.25, 0.3) is 10.0 Å². The number of aromatic nitrogens is 1. The van der Waals surface area contributed by atoms with Crippen molar-refractivity contribution in [3.63, 3.8) is 0 Å². The van der Waals surface area contributed by atoms with E-state index in [9.17, 15) is 12.8 Å². The molecule has 6 nitrogen and oxygen atoms in total. The van der Waals surface area contributed by atoms with E-state index < -0.39 is 20.9 Å². The quantitative estimate of drug-likeness (QED) is 0.626. The molecule has 2 heterocycles. The molecule has 1 atom stereocenters. The highest BCUT2D eigenvalue weighted by molar-refractivity contribution is 7.89. The van der Waals surface area contributed by atoms with E-state index in [0.29, 0.717) is 19.4 Å². The third kappa shape index (κ3) is 2.74. The fraction of sp³-hybridized carbons (Fsp3) is 0.455. The van der Waals surface area contributed by atoms with Gasteiger partial charge in [-0.3, -0.25) is 5.41 Å². The lowest BCUT2D eigenvalue weighted by Crippen LogP contribution is -2.44. The first kappa shape index (κ1) is 13.9. The Morgan fingerprint density at radius 1 is 1.58 bits per heavy atom. The fourth-order valence-corrected chi connectivity index (χ4v) is 3.60. The van der Waals surface area contributed by atoms with E-state index in [4.69, 9.17) is 11.1 Å². The standard InChI is InChI=1S/C11H15FN4O2S/c12-9-4-1-5-15-11(9)19(17,18)16-6-2-3-8(7-16)10(13)14/h1,4-5,8H,2-3,6-7H2,(H3,13,14). The van der Waals surface area contributed by atoms with Crippen molar-refractivity contribution in [2.75, 3.05) is 13.1 Å². The van der Waals surface area contributed by atoms with Crippen LogP contribution in [0.25, 0.3) is 0 Å². The van der Waals surface area contributed by atoms with Crippen molar-refractivity contribution in [1.82, 2.24) is 9.29 Å². The zero-order valence-electron chi connectivity index (χ0n) is 10.2. The summed E-state index contributed by atoms with van der Waals surface area (Å²) in [6.45, 7) is 0.399. The number of nitrogens with two attached hydrogens (primary N) is 1. The van der Waals surface area contributed by atoms with Crippen LogP contribution in [0.4, 0.5) is 4.39 Å². The monoisotopic (exact) mass is 286 g/mol. The minimum atomic E-state index is -3.96. The van der Waals surface area contributed by atoms with Gasteiger partial charge in [-0.05, 0) is 25.0 Å². The molecular formula is C11H15FN4O2S. The van der Waals surface area contributed by atoms with Crippen LogP contribution < -0.4 is 5.73 Å². The number of pyridine rings is 1. The van der Waals surface area contributed by atoms with Gasteiger partial charge in [-0.25, -0.2) is 17.8 Å². The molecule has 8 heteroatoms. The summed E-state index contributed by atoms with van der Waals surface area (Å²) in [4.78, 5) is 3.61. The SMILES string of the molecule is N=C(N)C1CCCN(S(=O)(=O)c2ncccc2F)C1. The van der Waals surface area contributed by atoms with Gasteiger partial charge in [0.05, 0.1) is 5.84 Å². The van der Waals surface area contributed by atoms with Crippen LogP contribution in [0.2, 0.25) is 0 Å². The molecule has 1 aromatic heterocycles. The van der Waals surface area contributed by atoms with E-state index in [2.05, 4.69) is 4.98 Å². The molecule has 3 N–H and O–H groups in total. The number of halogens is 1. The van der Waals surface area contributed by atoms with Crippen LogP contribution in [-0.2, 0) is 10.0 Å². The molecule has 104 valence electrons. The highest BCUT2D eigenvalue weighted by Gasteiger charge is 2.33. The van der Waals surface area contributed by atoms with Crippen LogP contribution in [0, 0.1) is 17.1 Å². The van der Waals surface area contributed by atoms with Gasteiger partial charge in [0.1, 0.15) is 0 Å². The first-order chi connectivity index (χ1) is 8.93. The van der Waals surface area contributed by atoms with Crippen LogP contribution >= 0.6 is 0 Å². The first-order valence-corrected chi connectivity index (χ1v) is 7.31. The fourth-order valence-electron chi connectivity index (χ4n) is 2.10. The molecule has 1 saturated heterocycles. The van der Waals surface area contributed by atoms with E-state index >= 15 is 0 Å². The number of nitrogens with one attached hydrogen (secondary N) is 1. The Hall–Kier alpha value is -1.54. The van der Waals surface area contributed by atoms with E-state index in [1.54, 1.807) is 0 Å². The second kappa shape index (κ2) is 5.22. The van der Waals surface area contributed by atoms with Crippen LogP contribution in [-0.4, -0.2) is 36.6 Å². The molecular weight excluding hydrogens is 271 g/mol. The Kier molecular flexibility index (Phi) is 3.81. The number of rotatable bonds is 3. The molecule has 0 aliphatic carbocycles. The molecule has 1 aromatic rings. The van der Waals surface area contributed by atoms with Gasteiger partial charge in [-0.1, -0.05) is 0 Å². The Bertz CT molecular complexity index is 590. The molecule has 2 rings (SSSR count). The Morgan fingerprint density at radius 2 is 2.32 bits per heavy atom. The van der Waals surface area contributed by atoms with Crippen molar-refractivity contribution < 1.29 is 12.8 Å². The van der Waals surface area contributed by atoms with Crippen LogP contribution in [0.1, 0.15) is 12.8 Å². The van der Waals surface area contributed by atoms with E-state index in [0.717, 1.165) is 10.4 Å². The number of hydrogen-bond acceptors (Lipinski definition) is 4. The molecule has 1 fully saturated rings. The van der Waals surface area contributed by atoms with E-state index in [-0.39, 0.29) is 18.3 Å². The highest BCUT2D eigenvalue weighted by Crippen LogP contribution is 2.23. The van der Waals surface area contributed by atoms with Crippen molar-refractivity contribution in [3.8, 4) is 0 Å². The molecule has 19 heavy (non-hydrogen) atoms. The summed E-state index contributed by atoms with van der Waals surface area (Å²) in [5.41, 5.74) is 5.41. The van der Waals surface area contributed by atoms with Crippen molar-refractivity contribution in [2.24, 2.45) is 11.7 Å². The summed E-state index contributed by atoms with van der Waals surface area (Å²) >= 11 is 0. The van der Waals surface area contributed by atoms with Gasteiger partial charge in [0.15, 0.2) is 5.82 Å². The van der Waals surface area contributed by atoms with Gasteiger partial charge in [0, 0.05) is 25.2 Å². The molecule has 0 aromatic carbocycles. The van der Waals surface area contributed by atoms with Gasteiger partial charge in [-0.15, -0.1) is 0 Å². The lowest BCUT2D eigenvalue weighted by Gasteiger charge is -2.30. The predicted octanol–water partition coefficient (Wildman–Crippen LogP) is 0.557. The predicted molar refractivity (Wildman–Crippen MR) is 67.6 cm³/mol. The maximum absolute atomic E-state index is 13.6. The van der Waals surface area contributed by atoms with Gasteiger partial charge < -0.3 is 5.73 Å². The number of hydrogen-bond donors (Lipinski definition) is 2. The summed E-state index contributed by atoms with van der Waals surface area (Å²) in [6.07, 6.45) is 2.51. The van der Waals surface area contributed by atoms with Crippen molar-refractivity contribution >= 4 is 15.9 Å². The van der Waals surface area contributed by atoms with Crippen molar-refractivity contribution in [3.05, 3.63) is 24.1 Å². The summed E-state index contributed by atoms with van der Waals surface area (Å²) in [5.74, 6) is -1.22. The summed E-state index contributed by atoms with van der Waals surface area (Å²) in [7, 11) is -3.96.